The van der Waals surface area contributed by atoms with Crippen LogP contribution < -0.4 is 0 Å². The lowest BCUT2D eigenvalue weighted by Gasteiger charge is -2.20. The molecule has 0 bridgehead atoms. The lowest BCUT2D eigenvalue weighted by Crippen LogP contribution is -2.17. The molecule has 2 nitrogen and oxygen atoms in total. The van der Waals surface area contributed by atoms with E-state index >= 15 is 0 Å². The number of carbonyl (C=O) groups excluding carboxylic acids is 1. The topological polar surface area (TPSA) is 26.3 Å². The largest absolute Gasteiger partial charge is 0.460 e. The van der Waals surface area contributed by atoms with Gasteiger partial charge in [0.25, 0.3) is 0 Å². The Labute approximate surface area is 87.5 Å². The smallest absolute Gasteiger partial charge is 0.333 e. The van der Waals surface area contributed by atoms with E-state index in [2.05, 4.69) is 6.58 Å². The van der Waals surface area contributed by atoms with Crippen LogP contribution >= 0.6 is 23.5 Å². The van der Waals surface area contributed by atoms with Gasteiger partial charge in [-0.1, -0.05) is 6.58 Å². The Morgan fingerprint density at radius 1 is 1.54 bits per heavy atom. The van der Waals surface area contributed by atoms with E-state index in [1.54, 1.807) is 6.92 Å². The van der Waals surface area contributed by atoms with Crippen molar-refractivity contribution < 1.29 is 9.53 Å². The highest BCUT2D eigenvalue weighted by molar-refractivity contribution is 8.17. The molecule has 74 valence electrons. The van der Waals surface area contributed by atoms with E-state index in [0.29, 0.717) is 16.8 Å². The molecule has 1 aliphatic heterocycles. The molecule has 0 aromatic heterocycles. The summed E-state index contributed by atoms with van der Waals surface area (Å²) in [6.45, 7) is 5.72. The van der Waals surface area contributed by atoms with Crippen LogP contribution in [0, 0.1) is 0 Å². The minimum atomic E-state index is -0.272. The average Bonchev–Trinajstić information content (AvgIpc) is 2.15. The van der Waals surface area contributed by atoms with Crippen molar-refractivity contribution in [2.75, 3.05) is 18.1 Å². The standard InChI is InChI=1S/C9H14O2S2/c1-7(2)9(10)11-6-8-12-4-3-5-13-8/h8H,1,3-6H2,2H3. The number of rotatable bonds is 3. The Morgan fingerprint density at radius 2 is 2.15 bits per heavy atom. The molecular weight excluding hydrogens is 204 g/mol. The van der Waals surface area contributed by atoms with E-state index in [1.165, 1.54) is 17.9 Å². The Morgan fingerprint density at radius 3 is 2.69 bits per heavy atom. The average molecular weight is 218 g/mol. The maximum absolute atomic E-state index is 11.0. The molecule has 1 rings (SSSR count). The van der Waals surface area contributed by atoms with Crippen molar-refractivity contribution in [3.63, 3.8) is 0 Å². The van der Waals surface area contributed by atoms with Gasteiger partial charge in [0.15, 0.2) is 0 Å². The molecule has 4 heteroatoms. The van der Waals surface area contributed by atoms with Crippen molar-refractivity contribution in [2.24, 2.45) is 0 Å². The fourth-order valence-electron chi connectivity index (χ4n) is 0.900. The van der Waals surface area contributed by atoms with Crippen LogP contribution in [-0.4, -0.2) is 28.7 Å². The summed E-state index contributed by atoms with van der Waals surface area (Å²) in [7, 11) is 0. The van der Waals surface area contributed by atoms with Gasteiger partial charge in [0.1, 0.15) is 6.61 Å². The number of thioether (sulfide) groups is 2. The van der Waals surface area contributed by atoms with Gasteiger partial charge in [0.05, 0.1) is 4.58 Å². The monoisotopic (exact) mass is 218 g/mol. The van der Waals surface area contributed by atoms with E-state index < -0.39 is 0 Å². The van der Waals surface area contributed by atoms with Crippen molar-refractivity contribution in [2.45, 2.75) is 17.9 Å². The first kappa shape index (κ1) is 11.0. The van der Waals surface area contributed by atoms with Crippen molar-refractivity contribution >= 4 is 29.5 Å². The summed E-state index contributed by atoms with van der Waals surface area (Å²) < 4.78 is 5.49. The summed E-state index contributed by atoms with van der Waals surface area (Å²) >= 11 is 3.75. The normalized spacial score (nSPS) is 18.2. The van der Waals surface area contributed by atoms with Crippen molar-refractivity contribution in [1.29, 1.82) is 0 Å². The number of carbonyl (C=O) groups is 1. The fourth-order valence-corrected chi connectivity index (χ4v) is 3.52. The second kappa shape index (κ2) is 5.60. The molecule has 0 saturated carbocycles. The van der Waals surface area contributed by atoms with Crippen LogP contribution in [0.4, 0.5) is 0 Å². The first-order valence-electron chi connectivity index (χ1n) is 4.26. The highest BCUT2D eigenvalue weighted by Crippen LogP contribution is 2.30. The highest BCUT2D eigenvalue weighted by atomic mass is 32.2. The highest BCUT2D eigenvalue weighted by Gasteiger charge is 2.16. The summed E-state index contributed by atoms with van der Waals surface area (Å²) in [5.41, 5.74) is 0.478. The van der Waals surface area contributed by atoms with E-state index in [0.717, 1.165) is 0 Å². The third kappa shape index (κ3) is 4.09. The molecule has 0 aromatic rings. The molecule has 0 aliphatic carbocycles. The molecule has 0 amide bonds. The predicted octanol–water partition coefficient (Wildman–Crippen LogP) is 2.30. The van der Waals surface area contributed by atoms with Crippen LogP contribution in [0.15, 0.2) is 12.2 Å². The van der Waals surface area contributed by atoms with E-state index in [-0.39, 0.29) is 5.97 Å². The lowest BCUT2D eigenvalue weighted by atomic mass is 10.4. The molecule has 1 saturated heterocycles. The molecule has 1 aliphatic rings. The number of hydrogen-bond donors (Lipinski definition) is 0. The second-order valence-electron chi connectivity index (χ2n) is 2.90. The van der Waals surface area contributed by atoms with Crippen molar-refractivity contribution in [1.82, 2.24) is 0 Å². The summed E-state index contributed by atoms with van der Waals surface area (Å²) in [5.74, 6) is 2.09. The van der Waals surface area contributed by atoms with Gasteiger partial charge in [0, 0.05) is 5.57 Å². The Bertz CT molecular complexity index is 198. The minimum Gasteiger partial charge on any atom is -0.460 e. The number of esters is 1. The molecule has 0 atom stereocenters. The molecule has 13 heavy (non-hydrogen) atoms. The van der Waals surface area contributed by atoms with Gasteiger partial charge in [-0.2, -0.15) is 0 Å². The Hall–Kier alpha value is -0.0900. The molecular formula is C9H14O2S2. The predicted molar refractivity (Wildman–Crippen MR) is 59.1 cm³/mol. The minimum absolute atomic E-state index is 0.272. The van der Waals surface area contributed by atoms with Crippen molar-refractivity contribution in [3.8, 4) is 0 Å². The number of ether oxygens (including phenoxy) is 1. The van der Waals surface area contributed by atoms with E-state index in [1.807, 2.05) is 23.5 Å². The first-order chi connectivity index (χ1) is 6.20. The van der Waals surface area contributed by atoms with Crippen LogP contribution in [0.25, 0.3) is 0 Å². The van der Waals surface area contributed by atoms with Gasteiger partial charge in [-0.15, -0.1) is 23.5 Å². The van der Waals surface area contributed by atoms with Crippen LogP contribution in [0.5, 0.6) is 0 Å². The Kier molecular flexibility index (Phi) is 4.73. The van der Waals surface area contributed by atoms with E-state index in [9.17, 15) is 4.79 Å². The lowest BCUT2D eigenvalue weighted by molar-refractivity contribution is -0.138. The molecule has 0 N–H and O–H groups in total. The maximum Gasteiger partial charge on any atom is 0.333 e. The third-order valence-electron chi connectivity index (χ3n) is 1.60. The molecule has 0 radical (unpaired) electrons. The molecule has 0 unspecified atom stereocenters. The molecule has 1 heterocycles. The second-order valence-corrected chi connectivity index (χ2v) is 5.82. The number of hydrogen-bond acceptors (Lipinski definition) is 4. The summed E-state index contributed by atoms with van der Waals surface area (Å²) in [6.07, 6.45) is 1.26. The van der Waals surface area contributed by atoms with Gasteiger partial charge in [-0.3, -0.25) is 0 Å². The van der Waals surface area contributed by atoms with Gasteiger partial charge in [0.2, 0.25) is 0 Å². The quantitative estimate of drug-likeness (QED) is 0.536. The molecule has 0 spiro atoms. The van der Waals surface area contributed by atoms with Gasteiger partial charge in [-0.05, 0) is 24.9 Å². The zero-order valence-corrected chi connectivity index (χ0v) is 9.38. The van der Waals surface area contributed by atoms with E-state index in [4.69, 9.17) is 4.74 Å². The summed E-state index contributed by atoms with van der Waals surface area (Å²) in [4.78, 5) is 11.0. The van der Waals surface area contributed by atoms with Crippen LogP contribution in [-0.2, 0) is 9.53 Å². The van der Waals surface area contributed by atoms with Crippen LogP contribution in [0.1, 0.15) is 13.3 Å². The summed E-state index contributed by atoms with van der Waals surface area (Å²) in [5, 5.41) is 0. The zero-order valence-electron chi connectivity index (χ0n) is 7.75. The maximum atomic E-state index is 11.0. The van der Waals surface area contributed by atoms with Gasteiger partial charge < -0.3 is 4.74 Å². The van der Waals surface area contributed by atoms with Crippen molar-refractivity contribution in [3.05, 3.63) is 12.2 Å². The van der Waals surface area contributed by atoms with Crippen LogP contribution in [0.3, 0.4) is 0 Å². The van der Waals surface area contributed by atoms with Crippen LogP contribution in [0.2, 0.25) is 0 Å². The zero-order chi connectivity index (χ0) is 9.68. The Balaban J connectivity index is 2.17. The molecule has 0 aromatic carbocycles. The fraction of sp³-hybridized carbons (Fsp3) is 0.667. The SMILES string of the molecule is C=C(C)C(=O)OCC1SCCCS1. The van der Waals surface area contributed by atoms with Gasteiger partial charge in [-0.25, -0.2) is 4.79 Å². The third-order valence-corrected chi connectivity index (χ3v) is 4.48. The first-order valence-corrected chi connectivity index (χ1v) is 6.35. The summed E-state index contributed by atoms with van der Waals surface area (Å²) in [6, 6.07) is 0. The molecule has 1 fully saturated rings. The van der Waals surface area contributed by atoms with Gasteiger partial charge >= 0.3 is 5.97 Å².